The number of rotatable bonds is 6. The molecule has 0 saturated carbocycles. The van der Waals surface area contributed by atoms with Gasteiger partial charge in [-0.05, 0) is 17.9 Å². The van der Waals surface area contributed by atoms with Crippen LogP contribution >= 0.6 is 11.3 Å². The van der Waals surface area contributed by atoms with Gasteiger partial charge in [0.15, 0.2) is 0 Å². The van der Waals surface area contributed by atoms with E-state index >= 15 is 0 Å². The average molecular weight is 235 g/mol. The molecule has 0 aromatic carbocycles. The lowest BCUT2D eigenvalue weighted by molar-refractivity contribution is 0.497. The number of H-pyrrole nitrogens is 1. The third kappa shape index (κ3) is 2.93. The molecule has 2 rings (SSSR count). The van der Waals surface area contributed by atoms with Gasteiger partial charge in [-0.2, -0.15) is 0 Å². The fraction of sp³-hybridized carbons (Fsp3) is 0.417. The summed E-state index contributed by atoms with van der Waals surface area (Å²) in [6.45, 7) is 3.07. The van der Waals surface area contributed by atoms with Crippen LogP contribution in [0.4, 0.5) is 0 Å². The van der Waals surface area contributed by atoms with Crippen molar-refractivity contribution in [2.24, 2.45) is 0 Å². The Kier molecular flexibility index (Phi) is 4.13. The molecule has 2 aromatic rings. The molecule has 4 heteroatoms. The number of nitrogens with zero attached hydrogens (tertiary/aromatic N) is 1. The SMILES string of the molecule is CCCC(NCc1cnc[nH]1)c1cccs1. The van der Waals surface area contributed by atoms with Crippen LogP contribution in [0.25, 0.3) is 0 Å². The van der Waals surface area contributed by atoms with Gasteiger partial charge in [0.25, 0.3) is 0 Å². The van der Waals surface area contributed by atoms with E-state index in [1.165, 1.54) is 17.7 Å². The highest BCUT2D eigenvalue weighted by Gasteiger charge is 2.10. The third-order valence-corrected chi connectivity index (χ3v) is 3.54. The smallest absolute Gasteiger partial charge is 0.0922 e. The van der Waals surface area contributed by atoms with Crippen LogP contribution in [0.15, 0.2) is 30.0 Å². The first-order valence-electron chi connectivity index (χ1n) is 5.64. The van der Waals surface area contributed by atoms with Gasteiger partial charge in [0.05, 0.1) is 6.33 Å². The molecule has 16 heavy (non-hydrogen) atoms. The fourth-order valence-corrected chi connectivity index (χ4v) is 2.57. The highest BCUT2D eigenvalue weighted by Crippen LogP contribution is 2.23. The molecule has 0 aliphatic rings. The lowest BCUT2D eigenvalue weighted by Gasteiger charge is -2.15. The van der Waals surface area contributed by atoms with Gasteiger partial charge in [0.2, 0.25) is 0 Å². The third-order valence-electron chi connectivity index (χ3n) is 2.56. The number of imidazole rings is 1. The first kappa shape index (κ1) is 11.4. The molecular formula is C12H17N3S. The van der Waals surface area contributed by atoms with E-state index in [2.05, 4.69) is 39.7 Å². The van der Waals surface area contributed by atoms with Crippen LogP contribution in [0, 0.1) is 0 Å². The monoisotopic (exact) mass is 235 g/mol. The topological polar surface area (TPSA) is 40.7 Å². The lowest BCUT2D eigenvalue weighted by Crippen LogP contribution is -2.20. The predicted molar refractivity (Wildman–Crippen MR) is 67.4 cm³/mol. The number of thiophene rings is 1. The van der Waals surface area contributed by atoms with Crippen molar-refractivity contribution in [3.8, 4) is 0 Å². The molecule has 3 nitrogen and oxygen atoms in total. The second-order valence-electron chi connectivity index (χ2n) is 3.81. The Balaban J connectivity index is 1.93. The minimum Gasteiger partial charge on any atom is -0.347 e. The number of aromatic nitrogens is 2. The molecular weight excluding hydrogens is 218 g/mol. The van der Waals surface area contributed by atoms with E-state index in [4.69, 9.17) is 0 Å². The maximum absolute atomic E-state index is 4.02. The van der Waals surface area contributed by atoms with Crippen LogP contribution in [0.1, 0.15) is 36.4 Å². The van der Waals surface area contributed by atoms with E-state index in [1.54, 1.807) is 6.33 Å². The molecule has 1 atom stereocenters. The van der Waals surface area contributed by atoms with Crippen molar-refractivity contribution in [3.63, 3.8) is 0 Å². The maximum Gasteiger partial charge on any atom is 0.0922 e. The Morgan fingerprint density at radius 2 is 2.50 bits per heavy atom. The van der Waals surface area contributed by atoms with Crippen LogP contribution in [0.2, 0.25) is 0 Å². The Labute approximate surface area is 99.9 Å². The fourth-order valence-electron chi connectivity index (χ4n) is 1.74. The summed E-state index contributed by atoms with van der Waals surface area (Å²) in [4.78, 5) is 8.54. The van der Waals surface area contributed by atoms with Gasteiger partial charge >= 0.3 is 0 Å². The van der Waals surface area contributed by atoms with Crippen molar-refractivity contribution in [3.05, 3.63) is 40.6 Å². The highest BCUT2D eigenvalue weighted by molar-refractivity contribution is 7.10. The highest BCUT2D eigenvalue weighted by atomic mass is 32.1. The molecule has 2 aromatic heterocycles. The molecule has 0 amide bonds. The first-order chi connectivity index (χ1) is 7.90. The normalized spacial score (nSPS) is 12.8. The van der Waals surface area contributed by atoms with Crippen molar-refractivity contribution in [1.82, 2.24) is 15.3 Å². The maximum atomic E-state index is 4.02. The van der Waals surface area contributed by atoms with Crippen molar-refractivity contribution < 1.29 is 0 Å². The number of nitrogens with one attached hydrogen (secondary N) is 2. The van der Waals surface area contributed by atoms with Gasteiger partial charge in [-0.25, -0.2) is 4.98 Å². The largest absolute Gasteiger partial charge is 0.347 e. The summed E-state index contributed by atoms with van der Waals surface area (Å²) < 4.78 is 0. The molecule has 2 N–H and O–H groups in total. The van der Waals surface area contributed by atoms with Crippen molar-refractivity contribution >= 4 is 11.3 Å². The molecule has 0 saturated heterocycles. The molecule has 2 heterocycles. The summed E-state index contributed by atoms with van der Waals surface area (Å²) in [5.74, 6) is 0. The molecule has 0 spiro atoms. The second kappa shape index (κ2) is 5.82. The van der Waals surface area contributed by atoms with E-state index < -0.39 is 0 Å². The first-order valence-corrected chi connectivity index (χ1v) is 6.52. The standard InChI is InChI=1S/C12H17N3S/c1-2-4-11(12-5-3-6-16-12)14-8-10-7-13-9-15-10/h3,5-7,9,11,14H,2,4,8H2,1H3,(H,13,15). The Morgan fingerprint density at radius 1 is 1.56 bits per heavy atom. The number of hydrogen-bond acceptors (Lipinski definition) is 3. The van der Waals surface area contributed by atoms with Gasteiger partial charge in [-0.3, -0.25) is 0 Å². The van der Waals surface area contributed by atoms with Gasteiger partial charge in [0.1, 0.15) is 0 Å². The van der Waals surface area contributed by atoms with Crippen LogP contribution in [-0.4, -0.2) is 9.97 Å². The molecule has 0 fully saturated rings. The van der Waals surface area contributed by atoms with Crippen molar-refractivity contribution in [2.75, 3.05) is 0 Å². The van der Waals surface area contributed by atoms with E-state index in [0.717, 1.165) is 12.2 Å². The minimum absolute atomic E-state index is 0.466. The zero-order valence-corrected chi connectivity index (χ0v) is 10.3. The number of hydrogen-bond donors (Lipinski definition) is 2. The summed E-state index contributed by atoms with van der Waals surface area (Å²) in [5, 5.41) is 5.70. The Bertz CT molecular complexity index is 380. The van der Waals surface area contributed by atoms with E-state index in [0.29, 0.717) is 6.04 Å². The van der Waals surface area contributed by atoms with Crippen LogP contribution in [0.5, 0.6) is 0 Å². The average Bonchev–Trinajstić information content (AvgIpc) is 2.96. The van der Waals surface area contributed by atoms with E-state index in [-0.39, 0.29) is 0 Å². The Hall–Kier alpha value is -1.13. The molecule has 0 radical (unpaired) electrons. The van der Waals surface area contributed by atoms with Crippen molar-refractivity contribution in [2.45, 2.75) is 32.4 Å². The zero-order valence-electron chi connectivity index (χ0n) is 9.44. The van der Waals surface area contributed by atoms with E-state index in [9.17, 15) is 0 Å². The van der Waals surface area contributed by atoms with Crippen LogP contribution in [0.3, 0.4) is 0 Å². The predicted octanol–water partition coefficient (Wildman–Crippen LogP) is 3.10. The van der Waals surface area contributed by atoms with Crippen LogP contribution in [-0.2, 0) is 6.54 Å². The summed E-state index contributed by atoms with van der Waals surface area (Å²) in [5.41, 5.74) is 1.14. The van der Waals surface area contributed by atoms with Gasteiger partial charge in [-0.1, -0.05) is 19.4 Å². The van der Waals surface area contributed by atoms with Gasteiger partial charge in [0, 0.05) is 29.4 Å². The zero-order chi connectivity index (χ0) is 11.2. The summed E-state index contributed by atoms with van der Waals surface area (Å²) in [7, 11) is 0. The van der Waals surface area contributed by atoms with E-state index in [1.807, 2.05) is 17.5 Å². The molecule has 0 aliphatic heterocycles. The molecule has 1 unspecified atom stereocenters. The lowest BCUT2D eigenvalue weighted by atomic mass is 10.1. The van der Waals surface area contributed by atoms with Crippen LogP contribution < -0.4 is 5.32 Å². The second-order valence-corrected chi connectivity index (χ2v) is 4.79. The Morgan fingerprint density at radius 3 is 3.12 bits per heavy atom. The number of aromatic amines is 1. The van der Waals surface area contributed by atoms with Gasteiger partial charge in [-0.15, -0.1) is 11.3 Å². The molecule has 86 valence electrons. The van der Waals surface area contributed by atoms with Crippen molar-refractivity contribution in [1.29, 1.82) is 0 Å². The summed E-state index contributed by atoms with van der Waals surface area (Å²) >= 11 is 1.82. The summed E-state index contributed by atoms with van der Waals surface area (Å²) in [6, 6.07) is 4.78. The van der Waals surface area contributed by atoms with Gasteiger partial charge < -0.3 is 10.3 Å². The minimum atomic E-state index is 0.466. The quantitative estimate of drug-likeness (QED) is 0.807. The summed E-state index contributed by atoms with van der Waals surface area (Å²) in [6.07, 6.45) is 5.95. The molecule has 0 bridgehead atoms. The molecule has 0 aliphatic carbocycles.